The fraction of sp³-hybridized carbons (Fsp3) is 0.261. The predicted octanol–water partition coefficient (Wildman–Crippen LogP) is 2.03. The highest BCUT2D eigenvalue weighted by Crippen LogP contribution is 2.29. The van der Waals surface area contributed by atoms with E-state index < -0.39 is 22.8 Å². The van der Waals surface area contributed by atoms with Crippen molar-refractivity contribution in [2.24, 2.45) is 5.92 Å². The number of ether oxygens (including phenoxy) is 1. The molecule has 0 radical (unpaired) electrons. The van der Waals surface area contributed by atoms with E-state index in [0.29, 0.717) is 22.5 Å². The molecule has 36 heavy (non-hydrogen) atoms. The highest BCUT2D eigenvalue weighted by Gasteiger charge is 2.35. The number of halogens is 1. The molecule has 0 aliphatic carbocycles. The number of carbonyl (C=O) groups is 2. The molecule has 0 aromatic carbocycles. The number of aromatic carboxylic acids is 1. The van der Waals surface area contributed by atoms with Gasteiger partial charge in [0.25, 0.3) is 0 Å². The summed E-state index contributed by atoms with van der Waals surface area (Å²) in [4.78, 5) is 55.6. The zero-order valence-electron chi connectivity index (χ0n) is 19.1. The molecule has 0 unspecified atom stereocenters. The van der Waals surface area contributed by atoms with Gasteiger partial charge in [0, 0.05) is 42.6 Å². The maximum Gasteiger partial charge on any atom is 0.341 e. The number of carbonyl (C=O) groups excluding carboxylic acids is 1. The largest absolute Gasteiger partial charge is 0.481 e. The van der Waals surface area contributed by atoms with Crippen LogP contribution in [-0.4, -0.2) is 61.6 Å². The Hall–Kier alpha value is -4.26. The summed E-state index contributed by atoms with van der Waals surface area (Å²) < 4.78 is 21.5. The lowest BCUT2D eigenvalue weighted by molar-refractivity contribution is -0.123. The van der Waals surface area contributed by atoms with Crippen LogP contribution >= 0.6 is 11.3 Å². The van der Waals surface area contributed by atoms with Gasteiger partial charge in [-0.1, -0.05) is 0 Å². The number of ketones is 1. The van der Waals surface area contributed by atoms with Gasteiger partial charge in [-0.15, -0.1) is 11.3 Å². The number of thiazole rings is 1. The Morgan fingerprint density at radius 1 is 1.25 bits per heavy atom. The molecule has 0 bridgehead atoms. The molecule has 1 saturated heterocycles. The van der Waals surface area contributed by atoms with E-state index in [4.69, 9.17) is 4.74 Å². The minimum absolute atomic E-state index is 0.0196. The van der Waals surface area contributed by atoms with E-state index in [2.05, 4.69) is 19.9 Å². The van der Waals surface area contributed by atoms with Crippen LogP contribution in [0.2, 0.25) is 0 Å². The topological polar surface area (TPSA) is 140 Å². The maximum absolute atomic E-state index is 15.0. The smallest absolute Gasteiger partial charge is 0.341 e. The number of Topliss-reactive ketones (excluding diaryl/α,β-unsaturated/α-hetero) is 1. The number of aryl methyl sites for hydroxylation is 1. The van der Waals surface area contributed by atoms with E-state index in [-0.39, 0.29) is 48.1 Å². The van der Waals surface area contributed by atoms with E-state index in [1.54, 1.807) is 23.3 Å². The first kappa shape index (κ1) is 23.5. The van der Waals surface area contributed by atoms with Gasteiger partial charge in [0.2, 0.25) is 11.3 Å². The minimum atomic E-state index is -1.43. The minimum Gasteiger partial charge on any atom is -0.481 e. The molecular weight excluding hydrogens is 491 g/mol. The van der Waals surface area contributed by atoms with E-state index in [1.807, 2.05) is 0 Å². The van der Waals surface area contributed by atoms with Crippen LogP contribution in [-0.2, 0) is 11.2 Å². The van der Waals surface area contributed by atoms with E-state index in [0.717, 1.165) is 12.3 Å². The highest BCUT2D eigenvalue weighted by atomic mass is 32.1. The first-order valence-corrected chi connectivity index (χ1v) is 11.7. The van der Waals surface area contributed by atoms with Gasteiger partial charge in [-0.2, -0.15) is 4.98 Å². The van der Waals surface area contributed by atoms with Gasteiger partial charge in [0.1, 0.15) is 17.2 Å². The van der Waals surface area contributed by atoms with Crippen molar-refractivity contribution in [1.82, 2.24) is 24.5 Å². The lowest BCUT2D eigenvalue weighted by atomic mass is 9.93. The number of hydrogen-bond acceptors (Lipinski definition) is 10. The molecule has 11 nitrogen and oxygen atoms in total. The van der Waals surface area contributed by atoms with Crippen LogP contribution in [0.5, 0.6) is 5.88 Å². The molecule has 5 heterocycles. The first-order chi connectivity index (χ1) is 17.2. The van der Waals surface area contributed by atoms with Crippen molar-refractivity contribution < 1.29 is 23.8 Å². The Labute approximate surface area is 206 Å². The van der Waals surface area contributed by atoms with Gasteiger partial charge in [0.05, 0.1) is 24.8 Å². The number of hydrogen-bond donors (Lipinski definition) is 1. The molecule has 0 amide bonds. The van der Waals surface area contributed by atoms with E-state index >= 15 is 4.39 Å². The van der Waals surface area contributed by atoms with Gasteiger partial charge in [0.15, 0.2) is 22.4 Å². The molecule has 5 rings (SSSR count). The third-order valence-electron chi connectivity index (χ3n) is 5.82. The van der Waals surface area contributed by atoms with E-state index in [1.165, 1.54) is 29.2 Å². The maximum atomic E-state index is 15.0. The molecule has 0 atom stereocenters. The van der Waals surface area contributed by atoms with Crippen LogP contribution in [0.1, 0.15) is 21.9 Å². The van der Waals surface area contributed by atoms with Crippen LogP contribution < -0.4 is 15.1 Å². The van der Waals surface area contributed by atoms with Crippen molar-refractivity contribution in [1.29, 1.82) is 0 Å². The quantitative estimate of drug-likeness (QED) is 0.393. The van der Waals surface area contributed by atoms with Crippen LogP contribution in [0.15, 0.2) is 34.7 Å². The molecule has 1 aliphatic rings. The number of carboxylic acid groups (broad SMARTS) is 1. The molecule has 13 heteroatoms. The third kappa shape index (κ3) is 4.17. The first-order valence-electron chi connectivity index (χ1n) is 10.8. The number of rotatable bonds is 7. The standard InChI is InChI=1S/C23H19FN6O5S/c1-11-5-18(35-2)27-17(26-11)7-16(31)12-8-29(9-12)21-15(24)6-13-19(32)14(22(33)34)10-30(20(13)28-21)23-25-3-4-36-23/h3-6,10,12H,7-9H2,1-2H3,(H,33,34). The van der Waals surface area contributed by atoms with Crippen LogP contribution in [0, 0.1) is 18.7 Å². The summed E-state index contributed by atoms with van der Waals surface area (Å²) in [6.45, 7) is 2.24. The number of carboxylic acids is 1. The Morgan fingerprint density at radius 2 is 2.03 bits per heavy atom. The second kappa shape index (κ2) is 9.07. The van der Waals surface area contributed by atoms with Crippen LogP contribution in [0.3, 0.4) is 0 Å². The second-order valence-electron chi connectivity index (χ2n) is 8.24. The number of methoxy groups -OCH3 is 1. The lowest BCUT2D eigenvalue weighted by Gasteiger charge is -2.39. The Balaban J connectivity index is 1.43. The van der Waals surface area contributed by atoms with Gasteiger partial charge in [-0.25, -0.2) is 24.1 Å². The van der Waals surface area contributed by atoms with Gasteiger partial charge < -0.3 is 14.7 Å². The van der Waals surface area contributed by atoms with Crippen molar-refractivity contribution in [3.05, 3.63) is 63.0 Å². The predicted molar refractivity (Wildman–Crippen MR) is 128 cm³/mol. The molecule has 1 fully saturated rings. The fourth-order valence-electron chi connectivity index (χ4n) is 4.01. The Morgan fingerprint density at radius 3 is 2.69 bits per heavy atom. The summed E-state index contributed by atoms with van der Waals surface area (Å²) in [6.07, 6.45) is 2.68. The summed E-state index contributed by atoms with van der Waals surface area (Å²) in [5.41, 5.74) is -0.601. The fourth-order valence-corrected chi connectivity index (χ4v) is 4.63. The number of nitrogens with zero attached hydrogens (tertiary/aromatic N) is 6. The highest BCUT2D eigenvalue weighted by molar-refractivity contribution is 7.12. The molecule has 4 aromatic rings. The number of fused-ring (bicyclic) bond motifs is 1. The Bertz CT molecular complexity index is 1570. The summed E-state index contributed by atoms with van der Waals surface area (Å²) in [7, 11) is 1.48. The SMILES string of the molecule is COc1cc(C)nc(CC(=O)C2CN(c3nc4c(cc3F)c(=O)c(C(=O)O)cn4-c3nccs3)C2)n1. The monoisotopic (exact) mass is 510 g/mol. The zero-order chi connectivity index (χ0) is 25.6. The van der Waals surface area contributed by atoms with Gasteiger partial charge in [-0.05, 0) is 13.0 Å². The normalized spacial score (nSPS) is 13.6. The molecular formula is C23H19FN6O5S. The molecule has 4 aromatic heterocycles. The van der Waals surface area contributed by atoms with Gasteiger partial charge >= 0.3 is 5.97 Å². The van der Waals surface area contributed by atoms with Crippen molar-refractivity contribution in [2.45, 2.75) is 13.3 Å². The summed E-state index contributed by atoms with van der Waals surface area (Å²) in [5, 5.41) is 11.3. The molecule has 184 valence electrons. The van der Waals surface area contributed by atoms with Crippen molar-refractivity contribution in [3.63, 3.8) is 0 Å². The van der Waals surface area contributed by atoms with E-state index in [9.17, 15) is 19.5 Å². The van der Waals surface area contributed by atoms with Crippen LogP contribution in [0.25, 0.3) is 16.2 Å². The number of aromatic nitrogens is 5. The summed E-state index contributed by atoms with van der Waals surface area (Å²) in [6, 6.07) is 2.65. The van der Waals surface area contributed by atoms with Crippen LogP contribution in [0.4, 0.5) is 10.2 Å². The van der Waals surface area contributed by atoms with Crippen molar-refractivity contribution >= 4 is 39.9 Å². The van der Waals surface area contributed by atoms with Crippen molar-refractivity contribution in [3.8, 4) is 11.0 Å². The molecule has 1 aliphatic heterocycles. The van der Waals surface area contributed by atoms with Gasteiger partial charge in [-0.3, -0.25) is 14.2 Å². The zero-order valence-corrected chi connectivity index (χ0v) is 20.0. The average Bonchev–Trinajstić information content (AvgIpc) is 3.33. The molecule has 0 saturated carbocycles. The lowest BCUT2D eigenvalue weighted by Crippen LogP contribution is -2.51. The molecule has 0 spiro atoms. The number of pyridine rings is 2. The average molecular weight is 511 g/mol. The third-order valence-corrected chi connectivity index (χ3v) is 6.59. The molecule has 1 N–H and O–H groups in total. The summed E-state index contributed by atoms with van der Waals surface area (Å²) in [5.74, 6) is -1.99. The number of anilines is 1. The summed E-state index contributed by atoms with van der Waals surface area (Å²) >= 11 is 1.21. The van der Waals surface area contributed by atoms with Crippen molar-refractivity contribution in [2.75, 3.05) is 25.1 Å². The second-order valence-corrected chi connectivity index (χ2v) is 9.11. The Kier molecular flexibility index (Phi) is 5.92.